The number of phenols is 2. The monoisotopic (exact) mass is 509 g/mol. The second-order valence-electron chi connectivity index (χ2n) is 9.41. The summed E-state index contributed by atoms with van der Waals surface area (Å²) in [7, 11) is 0. The molecule has 36 heavy (non-hydrogen) atoms. The largest absolute Gasteiger partial charge is 0.508 e. The predicted molar refractivity (Wildman–Crippen MR) is 140 cm³/mol. The van der Waals surface area contributed by atoms with E-state index in [-0.39, 0.29) is 29.1 Å². The number of ether oxygens (including phenoxy) is 2. The van der Waals surface area contributed by atoms with E-state index < -0.39 is 6.10 Å². The van der Waals surface area contributed by atoms with Crippen LogP contribution < -0.4 is 9.47 Å². The fourth-order valence-corrected chi connectivity index (χ4v) is 5.12. The van der Waals surface area contributed by atoms with Gasteiger partial charge in [-0.15, -0.1) is 0 Å². The molecule has 3 aromatic carbocycles. The first-order valence-corrected chi connectivity index (χ1v) is 12.5. The molecule has 2 unspecified atom stereocenters. The van der Waals surface area contributed by atoms with Crippen molar-refractivity contribution in [3.8, 4) is 23.0 Å². The molecule has 188 valence electrons. The Labute approximate surface area is 215 Å². The number of aromatic hydroxyl groups is 2. The highest BCUT2D eigenvalue weighted by molar-refractivity contribution is 6.32. The lowest BCUT2D eigenvalue weighted by atomic mass is 9.86. The molecule has 2 aliphatic heterocycles. The van der Waals surface area contributed by atoms with E-state index in [2.05, 4.69) is 4.90 Å². The van der Waals surface area contributed by atoms with Crippen LogP contribution in [-0.2, 0) is 0 Å². The van der Waals surface area contributed by atoms with Gasteiger partial charge in [0.15, 0.2) is 0 Å². The highest BCUT2D eigenvalue weighted by Crippen LogP contribution is 2.48. The molecule has 5 rings (SSSR count). The summed E-state index contributed by atoms with van der Waals surface area (Å²) in [6.07, 6.45) is 0.449. The smallest absolute Gasteiger partial charge is 0.150 e. The van der Waals surface area contributed by atoms with E-state index in [9.17, 15) is 14.6 Å². The van der Waals surface area contributed by atoms with Gasteiger partial charge in [0.2, 0.25) is 0 Å². The third-order valence-corrected chi connectivity index (χ3v) is 7.30. The summed E-state index contributed by atoms with van der Waals surface area (Å²) in [6.45, 7) is 4.79. The molecule has 0 aliphatic carbocycles. The number of halogens is 2. The van der Waals surface area contributed by atoms with Gasteiger partial charge < -0.3 is 19.7 Å². The van der Waals surface area contributed by atoms with Gasteiger partial charge in [0.25, 0.3) is 0 Å². The lowest BCUT2D eigenvalue weighted by molar-refractivity contribution is 0.228. The summed E-state index contributed by atoms with van der Waals surface area (Å²) >= 11 is 6.06. The van der Waals surface area contributed by atoms with E-state index in [0.29, 0.717) is 12.4 Å². The van der Waals surface area contributed by atoms with Crippen LogP contribution in [-0.4, -0.2) is 48.0 Å². The molecule has 2 heterocycles. The minimum absolute atomic E-state index is 0.00399. The third kappa shape index (κ3) is 5.01. The van der Waals surface area contributed by atoms with Gasteiger partial charge in [0.1, 0.15) is 35.7 Å². The van der Waals surface area contributed by atoms with Crippen molar-refractivity contribution in [2.24, 2.45) is 5.92 Å². The summed E-state index contributed by atoms with van der Waals surface area (Å²) < 4.78 is 25.2. The topological polar surface area (TPSA) is 62.2 Å². The first-order chi connectivity index (χ1) is 17.4. The lowest BCUT2D eigenvalue weighted by Crippen LogP contribution is -2.26. The van der Waals surface area contributed by atoms with Crippen LogP contribution in [0.2, 0.25) is 5.02 Å². The molecule has 2 aliphatic rings. The normalized spacial score (nSPS) is 19.8. The minimum atomic E-state index is -0.462. The van der Waals surface area contributed by atoms with E-state index in [1.54, 1.807) is 24.3 Å². The van der Waals surface area contributed by atoms with Crippen molar-refractivity contribution in [1.29, 1.82) is 0 Å². The first kappa shape index (κ1) is 24.5. The van der Waals surface area contributed by atoms with Crippen LogP contribution in [0.5, 0.6) is 23.0 Å². The third-order valence-electron chi connectivity index (χ3n) is 6.98. The zero-order chi connectivity index (χ0) is 25.2. The number of alkyl halides is 1. The molecule has 0 radical (unpaired) electrons. The molecule has 0 saturated carbocycles. The number of hydrogen-bond acceptors (Lipinski definition) is 5. The van der Waals surface area contributed by atoms with Crippen molar-refractivity contribution >= 4 is 22.7 Å². The van der Waals surface area contributed by atoms with Crippen molar-refractivity contribution in [3.63, 3.8) is 0 Å². The predicted octanol–water partition coefficient (Wildman–Crippen LogP) is 6.49. The second kappa shape index (κ2) is 10.4. The summed E-state index contributed by atoms with van der Waals surface area (Å²) in [5.41, 5.74) is 4.48. The Morgan fingerprint density at radius 2 is 1.89 bits per heavy atom. The van der Waals surface area contributed by atoms with Crippen molar-refractivity contribution < 1.29 is 24.1 Å². The molecule has 3 aromatic rings. The summed E-state index contributed by atoms with van der Waals surface area (Å²) in [6, 6.07) is 18.0. The van der Waals surface area contributed by atoms with Crippen molar-refractivity contribution in [3.05, 3.63) is 82.4 Å². The van der Waals surface area contributed by atoms with Crippen LogP contribution in [0.1, 0.15) is 36.1 Å². The van der Waals surface area contributed by atoms with Gasteiger partial charge in [0.05, 0.1) is 11.7 Å². The van der Waals surface area contributed by atoms with Gasteiger partial charge >= 0.3 is 0 Å². The Kier molecular flexibility index (Phi) is 7.08. The summed E-state index contributed by atoms with van der Waals surface area (Å²) in [4.78, 5) is 2.24. The van der Waals surface area contributed by atoms with Gasteiger partial charge in [-0.3, -0.25) is 9.29 Å². The maximum atomic E-state index is 12.8. The number of likely N-dealkylation sites (tertiary alicyclic amines) is 1. The van der Waals surface area contributed by atoms with Crippen LogP contribution in [0, 0.1) is 5.92 Å². The van der Waals surface area contributed by atoms with Gasteiger partial charge in [0, 0.05) is 36.2 Å². The van der Waals surface area contributed by atoms with E-state index in [1.165, 1.54) is 0 Å². The molecular weight excluding hydrogens is 481 g/mol. The number of phenolic OH excluding ortho intramolecular Hbond substituents is 2. The maximum Gasteiger partial charge on any atom is 0.150 e. The molecular formula is C29H29ClFNO4. The minimum Gasteiger partial charge on any atom is -0.508 e. The molecule has 0 aromatic heterocycles. The van der Waals surface area contributed by atoms with E-state index in [4.69, 9.17) is 21.1 Å². The number of allylic oxidation sites excluding steroid dienone is 1. The van der Waals surface area contributed by atoms with Crippen LogP contribution in [0.3, 0.4) is 0 Å². The number of benzene rings is 3. The Bertz CT molecular complexity index is 1280. The first-order valence-electron chi connectivity index (χ1n) is 12.1. The molecule has 1 fully saturated rings. The Morgan fingerprint density at radius 3 is 2.61 bits per heavy atom. The van der Waals surface area contributed by atoms with E-state index in [1.807, 2.05) is 43.3 Å². The SMILES string of the molecule is CC1=C(c2ccc(Cl)c(O)c2)C(c2ccc(OCCN3CCC(CF)C3)cc2)Oc2cc(O)ccc21. The molecule has 0 bridgehead atoms. The quantitative estimate of drug-likeness (QED) is 0.381. The van der Waals surface area contributed by atoms with Crippen molar-refractivity contribution in [2.75, 3.05) is 32.9 Å². The number of rotatable bonds is 7. The van der Waals surface area contributed by atoms with Gasteiger partial charge in [-0.2, -0.15) is 0 Å². The van der Waals surface area contributed by atoms with Crippen LogP contribution in [0.4, 0.5) is 4.39 Å². The lowest BCUT2D eigenvalue weighted by Gasteiger charge is -2.31. The van der Waals surface area contributed by atoms with Crippen molar-refractivity contribution in [2.45, 2.75) is 19.4 Å². The summed E-state index contributed by atoms with van der Waals surface area (Å²) in [5, 5.41) is 20.6. The highest BCUT2D eigenvalue weighted by atomic mass is 35.5. The van der Waals surface area contributed by atoms with E-state index in [0.717, 1.165) is 59.6 Å². The molecule has 1 saturated heterocycles. The Hall–Kier alpha value is -3.22. The highest BCUT2D eigenvalue weighted by Gasteiger charge is 2.30. The average molecular weight is 510 g/mol. The molecule has 2 atom stereocenters. The van der Waals surface area contributed by atoms with Crippen molar-refractivity contribution in [1.82, 2.24) is 4.90 Å². The molecule has 7 heteroatoms. The fraction of sp³-hybridized carbons (Fsp3) is 0.310. The van der Waals surface area contributed by atoms with Crippen LogP contribution in [0.25, 0.3) is 11.1 Å². The fourth-order valence-electron chi connectivity index (χ4n) is 5.00. The Morgan fingerprint density at radius 1 is 1.08 bits per heavy atom. The maximum absolute atomic E-state index is 12.8. The van der Waals surface area contributed by atoms with Gasteiger partial charge in [-0.1, -0.05) is 29.8 Å². The van der Waals surface area contributed by atoms with Crippen LogP contribution >= 0.6 is 11.6 Å². The zero-order valence-corrected chi connectivity index (χ0v) is 20.8. The molecule has 0 spiro atoms. The average Bonchev–Trinajstić information content (AvgIpc) is 3.34. The van der Waals surface area contributed by atoms with Crippen LogP contribution in [0.15, 0.2) is 60.7 Å². The standard InChI is InChI=1S/C29H29ClFNO4/c1-18-24-8-5-22(33)15-27(24)36-29(28(18)21-4-9-25(30)26(34)14-21)20-2-6-23(7-3-20)35-13-12-32-11-10-19(16-31)17-32/h2-9,14-15,19,29,33-34H,10-13,16-17H2,1H3. The summed E-state index contributed by atoms with van der Waals surface area (Å²) in [5.74, 6) is 1.63. The molecule has 2 N–H and O–H groups in total. The Balaban J connectivity index is 1.38. The molecule has 5 nitrogen and oxygen atoms in total. The zero-order valence-electron chi connectivity index (χ0n) is 20.1. The molecule has 0 amide bonds. The van der Waals surface area contributed by atoms with E-state index >= 15 is 0 Å². The van der Waals surface area contributed by atoms with Gasteiger partial charge in [-0.25, -0.2) is 0 Å². The number of fused-ring (bicyclic) bond motifs is 1. The number of hydrogen-bond donors (Lipinski definition) is 2. The second-order valence-corrected chi connectivity index (χ2v) is 9.82. The van der Waals surface area contributed by atoms with Gasteiger partial charge in [-0.05, 0) is 73.0 Å². The number of nitrogens with zero attached hydrogens (tertiary/aromatic N) is 1.